The average molecular weight is 262 g/mol. The fourth-order valence-corrected chi connectivity index (χ4v) is 1.95. The van der Waals surface area contributed by atoms with E-state index in [0.717, 1.165) is 11.3 Å². The van der Waals surface area contributed by atoms with Crippen LogP contribution in [0, 0.1) is 13.8 Å². The van der Waals surface area contributed by atoms with E-state index < -0.39 is 0 Å². The molecule has 0 saturated carbocycles. The second kappa shape index (κ2) is 5.32. The van der Waals surface area contributed by atoms with Crippen molar-refractivity contribution < 1.29 is 14.6 Å². The van der Waals surface area contributed by atoms with Crippen molar-refractivity contribution in [2.45, 2.75) is 20.5 Å². The van der Waals surface area contributed by atoms with Crippen LogP contribution in [0.15, 0.2) is 18.2 Å². The van der Waals surface area contributed by atoms with E-state index in [9.17, 15) is 5.11 Å². The average Bonchev–Trinajstić information content (AvgIpc) is 2.65. The van der Waals surface area contributed by atoms with Gasteiger partial charge in [0, 0.05) is 7.05 Å². The van der Waals surface area contributed by atoms with Crippen molar-refractivity contribution in [1.82, 2.24) is 9.78 Å². The van der Waals surface area contributed by atoms with Crippen molar-refractivity contribution >= 4 is 0 Å². The summed E-state index contributed by atoms with van der Waals surface area (Å²) in [7, 11) is 3.38. The van der Waals surface area contributed by atoms with Gasteiger partial charge in [0.2, 0.25) is 5.88 Å². The summed E-state index contributed by atoms with van der Waals surface area (Å²) >= 11 is 0. The van der Waals surface area contributed by atoms with E-state index in [-0.39, 0.29) is 6.61 Å². The minimum Gasteiger partial charge on any atom is -0.493 e. The molecule has 0 radical (unpaired) electrons. The molecule has 0 fully saturated rings. The van der Waals surface area contributed by atoms with Crippen molar-refractivity contribution in [2.75, 3.05) is 7.11 Å². The maximum atomic E-state index is 9.40. The second-order valence-electron chi connectivity index (χ2n) is 4.41. The highest BCUT2D eigenvalue weighted by molar-refractivity contribution is 5.45. The first kappa shape index (κ1) is 13.4. The molecule has 5 heteroatoms. The molecule has 0 aliphatic rings. The lowest BCUT2D eigenvalue weighted by atomic mass is 10.2. The topological polar surface area (TPSA) is 56.5 Å². The van der Waals surface area contributed by atoms with Gasteiger partial charge in [-0.15, -0.1) is 0 Å². The maximum absolute atomic E-state index is 9.40. The van der Waals surface area contributed by atoms with Gasteiger partial charge in [0.15, 0.2) is 11.5 Å². The molecule has 2 aromatic rings. The number of aromatic nitrogens is 2. The lowest BCUT2D eigenvalue weighted by Crippen LogP contribution is -1.99. The van der Waals surface area contributed by atoms with Crippen LogP contribution in [0.1, 0.15) is 16.8 Å². The first-order valence-electron chi connectivity index (χ1n) is 6.02. The number of hydrogen-bond acceptors (Lipinski definition) is 4. The van der Waals surface area contributed by atoms with Crippen LogP contribution in [0.4, 0.5) is 0 Å². The number of rotatable bonds is 4. The molecule has 1 N–H and O–H groups in total. The fourth-order valence-electron chi connectivity index (χ4n) is 1.95. The molecule has 0 unspecified atom stereocenters. The molecule has 1 aromatic carbocycles. The lowest BCUT2D eigenvalue weighted by molar-refractivity contribution is 0.273. The summed E-state index contributed by atoms with van der Waals surface area (Å²) in [5.74, 6) is 1.79. The van der Waals surface area contributed by atoms with E-state index in [0.29, 0.717) is 22.9 Å². The monoisotopic (exact) mass is 262 g/mol. The molecule has 2 rings (SSSR count). The number of aliphatic hydroxyl groups is 1. The highest BCUT2D eigenvalue weighted by Crippen LogP contribution is 2.34. The van der Waals surface area contributed by atoms with Crippen LogP contribution in [0.2, 0.25) is 0 Å². The molecule has 0 saturated heterocycles. The Hall–Kier alpha value is -2.01. The standard InChI is InChI=1S/C14H18N2O3/c1-9-5-6-12(13(7-9)18-4)19-14-11(8-17)10(2)15-16(14)3/h5-7,17H,8H2,1-4H3. The summed E-state index contributed by atoms with van der Waals surface area (Å²) in [5, 5.41) is 13.6. The first-order valence-corrected chi connectivity index (χ1v) is 6.02. The number of methoxy groups -OCH3 is 1. The van der Waals surface area contributed by atoms with Crippen LogP contribution in [0.25, 0.3) is 0 Å². The number of hydrogen-bond donors (Lipinski definition) is 1. The van der Waals surface area contributed by atoms with Crippen molar-refractivity contribution in [3.63, 3.8) is 0 Å². The highest BCUT2D eigenvalue weighted by Gasteiger charge is 2.16. The van der Waals surface area contributed by atoms with E-state index in [1.165, 1.54) is 0 Å². The summed E-state index contributed by atoms with van der Waals surface area (Å²) in [5.41, 5.74) is 2.53. The third-order valence-electron chi connectivity index (χ3n) is 2.97. The Morgan fingerprint density at radius 2 is 2.00 bits per heavy atom. The molecular weight excluding hydrogens is 244 g/mol. The lowest BCUT2D eigenvalue weighted by Gasteiger charge is -2.12. The summed E-state index contributed by atoms with van der Waals surface area (Å²) in [4.78, 5) is 0. The SMILES string of the molecule is COc1cc(C)ccc1Oc1c(CO)c(C)nn1C. The minimum atomic E-state index is -0.108. The highest BCUT2D eigenvalue weighted by atomic mass is 16.5. The van der Waals surface area contributed by atoms with Crippen molar-refractivity contribution in [3.05, 3.63) is 35.0 Å². The maximum Gasteiger partial charge on any atom is 0.223 e. The Labute approximate surface area is 112 Å². The predicted octanol–water partition coefficient (Wildman–Crippen LogP) is 2.33. The molecule has 0 spiro atoms. The van der Waals surface area contributed by atoms with Crippen LogP contribution < -0.4 is 9.47 Å². The summed E-state index contributed by atoms with van der Waals surface area (Å²) in [6, 6.07) is 5.69. The number of aliphatic hydroxyl groups excluding tert-OH is 1. The van der Waals surface area contributed by atoms with Crippen molar-refractivity contribution in [1.29, 1.82) is 0 Å². The van der Waals surface area contributed by atoms with Gasteiger partial charge < -0.3 is 14.6 Å². The van der Waals surface area contributed by atoms with E-state index >= 15 is 0 Å². The van der Waals surface area contributed by atoms with Crippen LogP contribution in [-0.2, 0) is 13.7 Å². The number of aryl methyl sites for hydroxylation is 3. The zero-order chi connectivity index (χ0) is 14.0. The van der Waals surface area contributed by atoms with Crippen LogP contribution in [0.5, 0.6) is 17.4 Å². The van der Waals surface area contributed by atoms with Crippen LogP contribution in [-0.4, -0.2) is 22.0 Å². The van der Waals surface area contributed by atoms with E-state index in [1.54, 1.807) is 18.8 Å². The molecule has 5 nitrogen and oxygen atoms in total. The summed E-state index contributed by atoms with van der Waals surface area (Å²) in [6.45, 7) is 3.72. The minimum absolute atomic E-state index is 0.108. The molecule has 1 aromatic heterocycles. The molecule has 102 valence electrons. The molecule has 1 heterocycles. The largest absolute Gasteiger partial charge is 0.493 e. The summed E-state index contributed by atoms with van der Waals surface area (Å²) in [6.07, 6.45) is 0. The molecule has 0 atom stereocenters. The second-order valence-corrected chi connectivity index (χ2v) is 4.41. The Bertz CT molecular complexity index is 591. The molecule has 0 aliphatic carbocycles. The van der Waals surface area contributed by atoms with E-state index in [4.69, 9.17) is 9.47 Å². The third kappa shape index (κ3) is 2.56. The Morgan fingerprint density at radius 3 is 2.63 bits per heavy atom. The quantitative estimate of drug-likeness (QED) is 0.918. The van der Waals surface area contributed by atoms with E-state index in [1.807, 2.05) is 32.0 Å². The van der Waals surface area contributed by atoms with Gasteiger partial charge in [-0.25, -0.2) is 4.68 Å². The van der Waals surface area contributed by atoms with E-state index in [2.05, 4.69) is 5.10 Å². The molecule has 0 amide bonds. The van der Waals surface area contributed by atoms with Gasteiger partial charge in [-0.05, 0) is 31.5 Å². The Kier molecular flexibility index (Phi) is 3.76. The Balaban J connectivity index is 2.41. The molecule has 0 bridgehead atoms. The summed E-state index contributed by atoms with van der Waals surface area (Å²) < 4.78 is 12.8. The predicted molar refractivity (Wildman–Crippen MR) is 71.7 cm³/mol. The number of benzene rings is 1. The van der Waals surface area contributed by atoms with Gasteiger partial charge in [-0.3, -0.25) is 0 Å². The van der Waals surface area contributed by atoms with Gasteiger partial charge in [0.1, 0.15) is 0 Å². The number of nitrogens with zero attached hydrogens (tertiary/aromatic N) is 2. The Morgan fingerprint density at radius 1 is 1.26 bits per heavy atom. The number of ether oxygens (including phenoxy) is 2. The van der Waals surface area contributed by atoms with Crippen LogP contribution >= 0.6 is 0 Å². The van der Waals surface area contributed by atoms with Gasteiger partial charge in [0.05, 0.1) is 25.0 Å². The van der Waals surface area contributed by atoms with Gasteiger partial charge in [-0.2, -0.15) is 5.10 Å². The molecular formula is C14H18N2O3. The molecule has 0 aliphatic heterocycles. The van der Waals surface area contributed by atoms with Gasteiger partial charge in [-0.1, -0.05) is 6.07 Å². The van der Waals surface area contributed by atoms with Gasteiger partial charge in [0.25, 0.3) is 0 Å². The normalized spacial score (nSPS) is 10.6. The smallest absolute Gasteiger partial charge is 0.223 e. The van der Waals surface area contributed by atoms with Gasteiger partial charge >= 0.3 is 0 Å². The zero-order valence-electron chi connectivity index (χ0n) is 11.6. The van der Waals surface area contributed by atoms with Crippen LogP contribution in [0.3, 0.4) is 0 Å². The fraction of sp³-hybridized carbons (Fsp3) is 0.357. The first-order chi connectivity index (χ1) is 9.06. The molecule has 19 heavy (non-hydrogen) atoms. The zero-order valence-corrected chi connectivity index (χ0v) is 11.6. The third-order valence-corrected chi connectivity index (χ3v) is 2.97. The van der Waals surface area contributed by atoms with Crippen molar-refractivity contribution in [3.8, 4) is 17.4 Å². The van der Waals surface area contributed by atoms with Crippen molar-refractivity contribution in [2.24, 2.45) is 7.05 Å².